The van der Waals surface area contributed by atoms with E-state index < -0.39 is 0 Å². The lowest BCUT2D eigenvalue weighted by atomic mass is 9.89. The SMILES string of the molecule is [2H]c1c([2H])c([2H])c(-c2c3ccccc3c(C)c3ccccc23)c([2H])c1[2H]. The van der Waals surface area contributed by atoms with E-state index >= 15 is 0 Å². The minimum Gasteiger partial charge on any atom is -0.0622 e. The van der Waals surface area contributed by atoms with Crippen LogP contribution in [0.5, 0.6) is 0 Å². The summed E-state index contributed by atoms with van der Waals surface area (Å²) in [5.74, 6) is 0. The summed E-state index contributed by atoms with van der Waals surface area (Å²) in [7, 11) is 0. The zero-order chi connectivity index (χ0) is 18.6. The molecule has 21 heavy (non-hydrogen) atoms. The highest BCUT2D eigenvalue weighted by atomic mass is 14.1. The lowest BCUT2D eigenvalue weighted by molar-refractivity contribution is 1.57. The molecule has 0 heterocycles. The zero-order valence-corrected chi connectivity index (χ0v) is 11.6. The summed E-state index contributed by atoms with van der Waals surface area (Å²) < 4.78 is 40.7. The van der Waals surface area contributed by atoms with Crippen molar-refractivity contribution in [2.75, 3.05) is 0 Å². The van der Waals surface area contributed by atoms with Gasteiger partial charge in [0.15, 0.2) is 0 Å². The fourth-order valence-electron chi connectivity index (χ4n) is 2.99. The highest BCUT2D eigenvalue weighted by Gasteiger charge is 2.11. The first kappa shape index (κ1) is 7.99. The van der Waals surface area contributed by atoms with Crippen LogP contribution in [0.2, 0.25) is 0 Å². The van der Waals surface area contributed by atoms with Crippen LogP contribution < -0.4 is 0 Å². The summed E-state index contributed by atoms with van der Waals surface area (Å²) in [5, 5.41) is 3.82. The maximum absolute atomic E-state index is 8.40. The Morgan fingerprint density at radius 1 is 0.667 bits per heavy atom. The van der Waals surface area contributed by atoms with E-state index in [1.807, 2.05) is 48.5 Å². The standard InChI is InChI=1S/C21H16/c1-15-17-11-5-7-13-19(17)21(16-9-3-2-4-10-16)20-14-8-6-12-18(15)20/h2-14H,1H3/i2D,3D,4D,9D,10D. The van der Waals surface area contributed by atoms with Crippen molar-refractivity contribution in [1.29, 1.82) is 0 Å². The molecule has 0 N–H and O–H groups in total. The smallest absolute Gasteiger partial charge is 0.0622 e. The first-order valence-corrected chi connectivity index (χ1v) is 6.90. The molecule has 100 valence electrons. The molecule has 0 aliphatic rings. The molecule has 0 aromatic heterocycles. The molecule has 0 heteroatoms. The van der Waals surface area contributed by atoms with Crippen LogP contribution in [0.1, 0.15) is 12.4 Å². The van der Waals surface area contributed by atoms with Crippen molar-refractivity contribution in [3.05, 3.63) is 84.3 Å². The Morgan fingerprint density at radius 3 is 1.67 bits per heavy atom. The van der Waals surface area contributed by atoms with Crippen molar-refractivity contribution in [2.24, 2.45) is 0 Å². The highest BCUT2D eigenvalue weighted by molar-refractivity contribution is 6.14. The molecule has 4 rings (SSSR count). The average Bonchev–Trinajstić information content (AvgIpc) is 2.67. The molecular weight excluding hydrogens is 252 g/mol. The van der Waals surface area contributed by atoms with Crippen LogP contribution in [0.3, 0.4) is 0 Å². The third-order valence-electron chi connectivity index (χ3n) is 3.95. The van der Waals surface area contributed by atoms with Crippen molar-refractivity contribution in [3.8, 4) is 11.1 Å². The van der Waals surface area contributed by atoms with Crippen molar-refractivity contribution in [2.45, 2.75) is 6.92 Å². The summed E-state index contributed by atoms with van der Waals surface area (Å²) in [4.78, 5) is 0. The van der Waals surface area contributed by atoms with E-state index in [9.17, 15) is 0 Å². The highest BCUT2D eigenvalue weighted by Crippen LogP contribution is 2.38. The Labute approximate surface area is 131 Å². The van der Waals surface area contributed by atoms with Crippen LogP contribution in [0.15, 0.2) is 78.7 Å². The van der Waals surface area contributed by atoms with Crippen molar-refractivity contribution in [1.82, 2.24) is 0 Å². The molecule has 0 aliphatic heterocycles. The molecule has 0 amide bonds. The Bertz CT molecular complexity index is 1110. The van der Waals surface area contributed by atoms with Crippen molar-refractivity contribution >= 4 is 21.5 Å². The Balaban J connectivity index is 2.32. The normalized spacial score (nSPS) is 14.4. The van der Waals surface area contributed by atoms with E-state index in [0.717, 1.165) is 27.1 Å². The van der Waals surface area contributed by atoms with E-state index in [4.69, 9.17) is 6.85 Å². The summed E-state index contributed by atoms with van der Waals surface area (Å²) >= 11 is 0. The lowest BCUT2D eigenvalue weighted by Crippen LogP contribution is -1.88. The second kappa shape index (κ2) is 4.75. The van der Waals surface area contributed by atoms with Gasteiger partial charge >= 0.3 is 0 Å². The van der Waals surface area contributed by atoms with Gasteiger partial charge < -0.3 is 0 Å². The summed E-state index contributed by atoms with van der Waals surface area (Å²) in [6, 6.07) is 14.3. The number of benzene rings is 4. The van der Waals surface area contributed by atoms with E-state index in [-0.39, 0.29) is 35.8 Å². The van der Waals surface area contributed by atoms with E-state index in [2.05, 4.69) is 6.92 Å². The molecular formula is C21H16. The minimum atomic E-state index is -0.371. The number of rotatable bonds is 1. The molecule has 0 bridgehead atoms. The monoisotopic (exact) mass is 273 g/mol. The van der Waals surface area contributed by atoms with Gasteiger partial charge in [0.2, 0.25) is 0 Å². The second-order valence-electron chi connectivity index (χ2n) is 5.09. The van der Waals surface area contributed by atoms with Crippen LogP contribution in [0.25, 0.3) is 32.7 Å². The molecule has 0 aliphatic carbocycles. The maximum Gasteiger partial charge on any atom is 0.0629 e. The van der Waals surface area contributed by atoms with Crippen LogP contribution in [0.4, 0.5) is 0 Å². The van der Waals surface area contributed by atoms with Gasteiger partial charge in [-0.05, 0) is 45.2 Å². The summed E-state index contributed by atoms with van der Waals surface area (Å²) in [6.07, 6.45) is 0. The molecule has 0 fully saturated rings. The van der Waals surface area contributed by atoms with Crippen LogP contribution >= 0.6 is 0 Å². The van der Waals surface area contributed by atoms with Gasteiger partial charge in [-0.25, -0.2) is 0 Å². The third kappa shape index (κ3) is 1.84. The van der Waals surface area contributed by atoms with Crippen LogP contribution in [-0.2, 0) is 0 Å². The number of hydrogen-bond acceptors (Lipinski definition) is 0. The maximum atomic E-state index is 8.40. The average molecular weight is 273 g/mol. The van der Waals surface area contributed by atoms with Crippen LogP contribution in [-0.4, -0.2) is 0 Å². The Kier molecular flexibility index (Phi) is 1.81. The molecule has 0 atom stereocenters. The topological polar surface area (TPSA) is 0 Å². The number of fused-ring (bicyclic) bond motifs is 2. The molecule has 0 spiro atoms. The van der Waals surface area contributed by atoms with Crippen LogP contribution in [0, 0.1) is 6.92 Å². The minimum absolute atomic E-state index is 0.171. The van der Waals surface area contributed by atoms with Gasteiger partial charge in [-0.15, -0.1) is 0 Å². The van der Waals surface area contributed by atoms with Gasteiger partial charge in [0.25, 0.3) is 0 Å². The molecule has 0 nitrogen and oxygen atoms in total. The summed E-state index contributed by atoms with van der Waals surface area (Å²) in [6.45, 7) is 2.05. The predicted molar refractivity (Wildman–Crippen MR) is 91.6 cm³/mol. The van der Waals surface area contributed by atoms with Gasteiger partial charge in [-0.1, -0.05) is 78.7 Å². The first-order chi connectivity index (χ1) is 12.4. The number of hydrogen-bond donors (Lipinski definition) is 0. The second-order valence-corrected chi connectivity index (χ2v) is 5.09. The molecule has 0 saturated heterocycles. The van der Waals surface area contributed by atoms with Crippen molar-refractivity contribution in [3.63, 3.8) is 0 Å². The third-order valence-corrected chi connectivity index (χ3v) is 3.95. The number of aryl methyl sites for hydroxylation is 1. The van der Waals surface area contributed by atoms with E-state index in [1.54, 1.807) is 0 Å². The van der Waals surface area contributed by atoms with E-state index in [1.165, 1.54) is 0 Å². The molecule has 4 aromatic carbocycles. The van der Waals surface area contributed by atoms with Gasteiger partial charge in [0.05, 0.1) is 6.85 Å². The Morgan fingerprint density at radius 2 is 1.14 bits per heavy atom. The largest absolute Gasteiger partial charge is 0.0629 e. The molecule has 0 unspecified atom stereocenters. The zero-order valence-electron chi connectivity index (χ0n) is 16.6. The van der Waals surface area contributed by atoms with Gasteiger partial charge in [0.1, 0.15) is 0 Å². The summed E-state index contributed by atoms with van der Waals surface area (Å²) in [5.41, 5.74) is 2.06. The van der Waals surface area contributed by atoms with E-state index in [0.29, 0.717) is 5.56 Å². The Hall–Kier alpha value is -2.60. The lowest BCUT2D eigenvalue weighted by Gasteiger charge is -2.15. The molecule has 4 aromatic rings. The molecule has 0 radical (unpaired) electrons. The van der Waals surface area contributed by atoms with Gasteiger partial charge in [0, 0.05) is 0 Å². The van der Waals surface area contributed by atoms with Gasteiger partial charge in [-0.3, -0.25) is 0 Å². The van der Waals surface area contributed by atoms with Crippen molar-refractivity contribution < 1.29 is 6.85 Å². The fraction of sp³-hybridized carbons (Fsp3) is 0.0476. The molecule has 0 saturated carbocycles. The first-order valence-electron chi connectivity index (χ1n) is 9.40. The fourth-order valence-corrected chi connectivity index (χ4v) is 2.99. The predicted octanol–water partition coefficient (Wildman–Crippen LogP) is 5.97. The quantitative estimate of drug-likeness (QED) is 0.375. The van der Waals surface area contributed by atoms with Gasteiger partial charge in [-0.2, -0.15) is 0 Å².